The van der Waals surface area contributed by atoms with Crippen molar-refractivity contribution in [2.24, 2.45) is 0 Å². The van der Waals surface area contributed by atoms with Gasteiger partial charge in [-0.2, -0.15) is 0 Å². The zero-order chi connectivity index (χ0) is 14.4. The Kier molecular flexibility index (Phi) is 5.27. The third-order valence-electron chi connectivity index (χ3n) is 3.14. The summed E-state index contributed by atoms with van der Waals surface area (Å²) in [5.41, 5.74) is 1.73. The summed E-state index contributed by atoms with van der Waals surface area (Å²) in [6, 6.07) is 11.1. The molecular formula is C16H17ClN2O. The van der Waals surface area contributed by atoms with E-state index in [0.717, 1.165) is 18.7 Å². The van der Waals surface area contributed by atoms with Gasteiger partial charge in [-0.25, -0.2) is 0 Å². The molecule has 4 heteroatoms. The summed E-state index contributed by atoms with van der Waals surface area (Å²) in [5.74, 6) is 0.0477. The molecule has 0 amide bonds. The summed E-state index contributed by atoms with van der Waals surface area (Å²) in [7, 11) is 0. The van der Waals surface area contributed by atoms with E-state index in [1.807, 2.05) is 31.2 Å². The first-order valence-electron chi connectivity index (χ1n) is 6.59. The normalized spacial score (nSPS) is 10.8. The zero-order valence-corrected chi connectivity index (χ0v) is 12.2. The molecule has 1 aromatic heterocycles. The highest BCUT2D eigenvalue weighted by molar-refractivity contribution is 6.34. The van der Waals surface area contributed by atoms with Gasteiger partial charge >= 0.3 is 0 Å². The maximum atomic E-state index is 12.3. The summed E-state index contributed by atoms with van der Waals surface area (Å²) >= 11 is 6.06. The molecule has 0 N–H and O–H groups in total. The molecular weight excluding hydrogens is 272 g/mol. The minimum atomic E-state index is 0.0477. The number of benzene rings is 1. The Morgan fingerprint density at radius 2 is 1.90 bits per heavy atom. The number of aromatic nitrogens is 1. The van der Waals surface area contributed by atoms with Crippen molar-refractivity contribution in [2.75, 3.05) is 13.1 Å². The van der Waals surface area contributed by atoms with E-state index in [1.165, 1.54) is 0 Å². The minimum absolute atomic E-state index is 0.0477. The highest BCUT2D eigenvalue weighted by Crippen LogP contribution is 2.16. The van der Waals surface area contributed by atoms with Crippen LogP contribution in [0.1, 0.15) is 22.8 Å². The SMILES string of the molecule is CCN(CC(=O)c1ccccc1Cl)Cc1ccncc1. The van der Waals surface area contributed by atoms with Crippen LogP contribution in [0.25, 0.3) is 0 Å². The summed E-state index contributed by atoms with van der Waals surface area (Å²) in [6.45, 7) is 3.94. The van der Waals surface area contributed by atoms with Crippen LogP contribution in [0.5, 0.6) is 0 Å². The number of nitrogens with zero attached hydrogens (tertiary/aromatic N) is 2. The summed E-state index contributed by atoms with van der Waals surface area (Å²) in [4.78, 5) is 18.4. The third-order valence-corrected chi connectivity index (χ3v) is 3.47. The van der Waals surface area contributed by atoms with Gasteiger partial charge in [0.1, 0.15) is 0 Å². The summed E-state index contributed by atoms with van der Waals surface area (Å²) < 4.78 is 0. The lowest BCUT2D eigenvalue weighted by atomic mass is 10.1. The largest absolute Gasteiger partial charge is 0.293 e. The maximum absolute atomic E-state index is 12.3. The maximum Gasteiger partial charge on any atom is 0.178 e. The monoisotopic (exact) mass is 288 g/mol. The fraction of sp³-hybridized carbons (Fsp3) is 0.250. The number of rotatable bonds is 6. The van der Waals surface area contributed by atoms with Gasteiger partial charge in [0.15, 0.2) is 5.78 Å². The number of hydrogen-bond donors (Lipinski definition) is 0. The van der Waals surface area contributed by atoms with Crippen LogP contribution in [0, 0.1) is 0 Å². The lowest BCUT2D eigenvalue weighted by Gasteiger charge is -2.19. The molecule has 0 unspecified atom stereocenters. The van der Waals surface area contributed by atoms with Gasteiger partial charge < -0.3 is 0 Å². The Labute approximate surface area is 124 Å². The zero-order valence-electron chi connectivity index (χ0n) is 11.4. The predicted octanol–water partition coefficient (Wildman–Crippen LogP) is 3.44. The average molecular weight is 289 g/mol. The van der Waals surface area contributed by atoms with Crippen molar-refractivity contribution in [1.29, 1.82) is 0 Å². The molecule has 20 heavy (non-hydrogen) atoms. The van der Waals surface area contributed by atoms with Crippen LogP contribution >= 0.6 is 11.6 Å². The quantitative estimate of drug-likeness (QED) is 0.764. The van der Waals surface area contributed by atoms with E-state index in [-0.39, 0.29) is 5.78 Å². The van der Waals surface area contributed by atoms with Gasteiger partial charge in [0.2, 0.25) is 0 Å². The van der Waals surface area contributed by atoms with Crippen LogP contribution in [-0.2, 0) is 6.54 Å². The Bertz CT molecular complexity index is 572. The minimum Gasteiger partial charge on any atom is -0.293 e. The fourth-order valence-corrected chi connectivity index (χ4v) is 2.24. The highest BCUT2D eigenvalue weighted by atomic mass is 35.5. The molecule has 0 aliphatic carbocycles. The van der Waals surface area contributed by atoms with Gasteiger partial charge in [-0.05, 0) is 36.4 Å². The first kappa shape index (κ1) is 14.7. The van der Waals surface area contributed by atoms with E-state index < -0.39 is 0 Å². The molecule has 1 aromatic carbocycles. The number of carbonyl (C=O) groups excluding carboxylic acids is 1. The Morgan fingerprint density at radius 3 is 2.55 bits per heavy atom. The van der Waals surface area contributed by atoms with Crippen molar-refractivity contribution in [2.45, 2.75) is 13.5 Å². The molecule has 0 spiro atoms. The van der Waals surface area contributed by atoms with Crippen molar-refractivity contribution in [3.8, 4) is 0 Å². The molecule has 2 aromatic rings. The van der Waals surface area contributed by atoms with Crippen molar-refractivity contribution >= 4 is 17.4 Å². The van der Waals surface area contributed by atoms with Crippen LogP contribution in [0.15, 0.2) is 48.8 Å². The van der Waals surface area contributed by atoms with E-state index in [0.29, 0.717) is 17.1 Å². The molecule has 0 bridgehead atoms. The first-order valence-corrected chi connectivity index (χ1v) is 6.97. The first-order chi connectivity index (χ1) is 9.70. The van der Waals surface area contributed by atoms with E-state index in [2.05, 4.69) is 9.88 Å². The lowest BCUT2D eigenvalue weighted by molar-refractivity contribution is 0.0929. The van der Waals surface area contributed by atoms with Crippen molar-refractivity contribution in [1.82, 2.24) is 9.88 Å². The highest BCUT2D eigenvalue weighted by Gasteiger charge is 2.14. The van der Waals surface area contributed by atoms with E-state index in [4.69, 9.17) is 11.6 Å². The van der Waals surface area contributed by atoms with Gasteiger partial charge in [0, 0.05) is 24.5 Å². The standard InChI is InChI=1S/C16H17ClN2O/c1-2-19(11-13-7-9-18-10-8-13)12-16(20)14-5-3-4-6-15(14)17/h3-10H,2,11-12H2,1H3. The Morgan fingerprint density at radius 1 is 1.20 bits per heavy atom. The molecule has 0 atom stereocenters. The van der Waals surface area contributed by atoms with Crippen LogP contribution in [-0.4, -0.2) is 28.8 Å². The number of Topliss-reactive ketones (excluding diaryl/α,β-unsaturated/α-hetero) is 1. The second kappa shape index (κ2) is 7.17. The molecule has 0 aliphatic rings. The smallest absolute Gasteiger partial charge is 0.178 e. The molecule has 0 saturated carbocycles. The molecule has 1 heterocycles. The van der Waals surface area contributed by atoms with Crippen LogP contribution in [0.3, 0.4) is 0 Å². The second-order valence-corrected chi connectivity index (χ2v) is 4.97. The lowest BCUT2D eigenvalue weighted by Crippen LogP contribution is -2.29. The van der Waals surface area contributed by atoms with Crippen molar-refractivity contribution in [3.63, 3.8) is 0 Å². The second-order valence-electron chi connectivity index (χ2n) is 4.56. The van der Waals surface area contributed by atoms with Gasteiger partial charge in [-0.15, -0.1) is 0 Å². The van der Waals surface area contributed by atoms with Gasteiger partial charge in [-0.3, -0.25) is 14.7 Å². The van der Waals surface area contributed by atoms with Crippen LogP contribution in [0.2, 0.25) is 5.02 Å². The number of likely N-dealkylation sites (N-methyl/N-ethyl adjacent to an activating group) is 1. The molecule has 3 nitrogen and oxygen atoms in total. The van der Waals surface area contributed by atoms with Crippen molar-refractivity contribution in [3.05, 3.63) is 64.9 Å². The Hall–Kier alpha value is -1.71. The molecule has 0 saturated heterocycles. The van der Waals surface area contributed by atoms with Crippen molar-refractivity contribution < 1.29 is 4.79 Å². The van der Waals surface area contributed by atoms with Gasteiger partial charge in [0.05, 0.1) is 11.6 Å². The summed E-state index contributed by atoms with van der Waals surface area (Å²) in [5, 5.41) is 0.512. The number of pyridine rings is 1. The topological polar surface area (TPSA) is 33.2 Å². The van der Waals surface area contributed by atoms with Crippen LogP contribution < -0.4 is 0 Å². The van der Waals surface area contributed by atoms with Gasteiger partial charge in [-0.1, -0.05) is 30.7 Å². The van der Waals surface area contributed by atoms with Crippen LogP contribution in [0.4, 0.5) is 0 Å². The predicted molar refractivity (Wildman–Crippen MR) is 81.0 cm³/mol. The van der Waals surface area contributed by atoms with Gasteiger partial charge in [0.25, 0.3) is 0 Å². The molecule has 104 valence electrons. The average Bonchev–Trinajstić information content (AvgIpc) is 2.48. The van der Waals surface area contributed by atoms with E-state index in [9.17, 15) is 4.79 Å². The third kappa shape index (κ3) is 3.89. The number of hydrogen-bond acceptors (Lipinski definition) is 3. The van der Waals surface area contributed by atoms with E-state index >= 15 is 0 Å². The fourth-order valence-electron chi connectivity index (χ4n) is 2.00. The number of ketones is 1. The number of carbonyl (C=O) groups is 1. The molecule has 2 rings (SSSR count). The van der Waals surface area contributed by atoms with E-state index in [1.54, 1.807) is 24.5 Å². The molecule has 0 fully saturated rings. The molecule has 0 aliphatic heterocycles. The number of halogens is 1. The molecule has 0 radical (unpaired) electrons. The Balaban J connectivity index is 2.03. The summed E-state index contributed by atoms with van der Waals surface area (Å²) in [6.07, 6.45) is 3.53.